The number of piperazine rings is 1. The highest BCUT2D eigenvalue weighted by molar-refractivity contribution is 5.98. The van der Waals surface area contributed by atoms with Gasteiger partial charge in [-0.05, 0) is 120 Å². The topological polar surface area (TPSA) is 168 Å². The van der Waals surface area contributed by atoms with Crippen LogP contribution in [0.5, 0.6) is 5.75 Å². The van der Waals surface area contributed by atoms with E-state index in [4.69, 9.17) is 27.2 Å². The van der Waals surface area contributed by atoms with Gasteiger partial charge in [-0.15, -0.1) is 0 Å². The molecule has 4 aromatic rings. The predicted octanol–water partition coefficient (Wildman–Crippen LogP) is 7.40. The van der Waals surface area contributed by atoms with Gasteiger partial charge in [-0.25, -0.2) is 9.97 Å². The maximum Gasteiger partial charge on any atom is 0.225 e. The summed E-state index contributed by atoms with van der Waals surface area (Å²) < 4.78 is 2.21. The van der Waals surface area contributed by atoms with Gasteiger partial charge in [0.25, 0.3) is 0 Å². The van der Waals surface area contributed by atoms with Crippen molar-refractivity contribution in [2.75, 3.05) is 50.5 Å². The number of fused-ring (bicyclic) bond motifs is 1. The number of carbonyl (C=O) groups is 1. The van der Waals surface area contributed by atoms with Crippen LogP contribution in [0.25, 0.3) is 22.7 Å². The minimum atomic E-state index is -0.182. The molecule has 2 aromatic heterocycles. The Kier molecular flexibility index (Phi) is 15.9. The molecular weight excluding hydrogens is 737 g/mol. The van der Waals surface area contributed by atoms with Crippen molar-refractivity contribution in [1.82, 2.24) is 24.3 Å². The summed E-state index contributed by atoms with van der Waals surface area (Å²) in [5.74, 6) is 2.23. The maximum absolute atomic E-state index is 12.8. The first-order valence-corrected chi connectivity index (χ1v) is 21.5. The van der Waals surface area contributed by atoms with Crippen LogP contribution < -0.4 is 27.4 Å². The summed E-state index contributed by atoms with van der Waals surface area (Å²) in [6.45, 7) is 13.6. The van der Waals surface area contributed by atoms with Gasteiger partial charge >= 0.3 is 0 Å². The highest BCUT2D eigenvalue weighted by Gasteiger charge is 2.35. The SMILES string of the molecule is C/C=C\c1c(NC)n(C(CCC)C(C)=O)c2ccc(CCCN(C)CCCc3cnc(N4C(CC)CN(C(/C=C(\N)c5ccccc5O)=C(N)N)CC4CC)nc3)cc12. The highest BCUT2D eigenvalue weighted by Crippen LogP contribution is 2.37. The summed E-state index contributed by atoms with van der Waals surface area (Å²) in [4.78, 5) is 29.5. The van der Waals surface area contributed by atoms with Gasteiger partial charge in [-0.3, -0.25) is 4.79 Å². The van der Waals surface area contributed by atoms with Crippen LogP contribution in [0.4, 0.5) is 11.8 Å². The molecule has 0 spiro atoms. The summed E-state index contributed by atoms with van der Waals surface area (Å²) >= 11 is 0. The number of allylic oxidation sites excluding steroid dienone is 2. The molecule has 1 aliphatic rings. The van der Waals surface area contributed by atoms with Crippen molar-refractivity contribution in [2.24, 2.45) is 17.2 Å². The minimum absolute atomic E-state index is 0.107. The molecule has 1 aliphatic heterocycles. The third-order valence-electron chi connectivity index (χ3n) is 11.7. The van der Waals surface area contributed by atoms with E-state index in [9.17, 15) is 9.90 Å². The van der Waals surface area contributed by atoms with Gasteiger partial charge in [0.1, 0.15) is 17.4 Å². The van der Waals surface area contributed by atoms with Crippen molar-refractivity contribution in [1.29, 1.82) is 0 Å². The third kappa shape index (κ3) is 10.6. The molecule has 1 fully saturated rings. The van der Waals surface area contributed by atoms with Gasteiger partial charge in [-0.1, -0.05) is 57.5 Å². The minimum Gasteiger partial charge on any atom is -0.507 e. The molecule has 3 unspecified atom stereocenters. The molecule has 1 saturated heterocycles. The lowest BCUT2D eigenvalue weighted by atomic mass is 10.0. The van der Waals surface area contributed by atoms with Crippen LogP contribution in [0.15, 0.2) is 78.5 Å². The molecule has 3 heterocycles. The smallest absolute Gasteiger partial charge is 0.225 e. The summed E-state index contributed by atoms with van der Waals surface area (Å²) in [5.41, 5.74) is 25.2. The van der Waals surface area contributed by atoms with Crippen LogP contribution in [-0.4, -0.2) is 87.6 Å². The molecule has 12 heteroatoms. The lowest BCUT2D eigenvalue weighted by Gasteiger charge is -2.47. The first kappa shape index (κ1) is 44.6. The number of carbonyl (C=O) groups excluding carboxylic acids is 1. The van der Waals surface area contributed by atoms with Gasteiger partial charge in [0, 0.05) is 66.8 Å². The second-order valence-corrected chi connectivity index (χ2v) is 15.9. The quantitative estimate of drug-likeness (QED) is 0.0565. The number of para-hydroxylation sites is 1. The normalized spacial score (nSPS) is 16.6. The van der Waals surface area contributed by atoms with Crippen LogP contribution in [0.3, 0.4) is 0 Å². The number of phenolic OH excluding ortho intramolecular Hbond substituents is 1. The molecule has 3 atom stereocenters. The molecule has 8 N–H and O–H groups in total. The van der Waals surface area contributed by atoms with Crippen molar-refractivity contribution >= 4 is 40.2 Å². The van der Waals surface area contributed by atoms with Crippen LogP contribution in [0.2, 0.25) is 0 Å². The second kappa shape index (κ2) is 21.0. The number of nitrogens with zero attached hydrogens (tertiary/aromatic N) is 6. The Morgan fingerprint density at radius 1 is 0.983 bits per heavy atom. The fourth-order valence-corrected chi connectivity index (χ4v) is 8.60. The molecule has 0 saturated carbocycles. The zero-order valence-electron chi connectivity index (χ0n) is 36.4. The van der Waals surface area contributed by atoms with Crippen molar-refractivity contribution in [3.05, 3.63) is 101 Å². The first-order chi connectivity index (χ1) is 28.4. The van der Waals surface area contributed by atoms with Gasteiger partial charge in [0.15, 0.2) is 5.78 Å². The van der Waals surface area contributed by atoms with E-state index in [2.05, 4.69) is 82.8 Å². The predicted molar refractivity (Wildman–Crippen MR) is 245 cm³/mol. The largest absolute Gasteiger partial charge is 0.507 e. The van der Waals surface area contributed by atoms with E-state index >= 15 is 0 Å². The molecule has 5 rings (SSSR count). The van der Waals surface area contributed by atoms with Crippen LogP contribution in [0, 0.1) is 0 Å². The lowest BCUT2D eigenvalue weighted by molar-refractivity contribution is -0.120. The second-order valence-electron chi connectivity index (χ2n) is 15.9. The monoisotopic (exact) mass is 805 g/mol. The summed E-state index contributed by atoms with van der Waals surface area (Å²) in [5, 5.41) is 15.0. The fraction of sp³-hybridized carbons (Fsp3) is 0.468. The number of nitrogens with two attached hydrogens (primary N) is 3. The number of rotatable bonds is 20. The van der Waals surface area contributed by atoms with E-state index in [0.29, 0.717) is 30.0 Å². The van der Waals surface area contributed by atoms with E-state index in [1.54, 1.807) is 31.2 Å². The number of aromatic hydroxyl groups is 1. The Bertz CT molecular complexity index is 2090. The Labute approximate surface area is 351 Å². The number of aryl methyl sites for hydroxylation is 2. The Morgan fingerprint density at radius 2 is 1.63 bits per heavy atom. The van der Waals surface area contributed by atoms with Crippen molar-refractivity contribution < 1.29 is 9.90 Å². The number of nitrogens with one attached hydrogen (secondary N) is 1. The molecule has 0 radical (unpaired) electrons. The van der Waals surface area contributed by atoms with Gasteiger partial charge in [-0.2, -0.15) is 0 Å². The van der Waals surface area contributed by atoms with Gasteiger partial charge < -0.3 is 46.9 Å². The molecule has 2 aromatic carbocycles. The van der Waals surface area contributed by atoms with Crippen LogP contribution in [0.1, 0.15) is 101 Å². The maximum atomic E-state index is 12.8. The van der Waals surface area contributed by atoms with E-state index < -0.39 is 0 Å². The molecule has 0 aliphatic carbocycles. The zero-order valence-corrected chi connectivity index (χ0v) is 36.4. The van der Waals surface area contributed by atoms with Crippen molar-refractivity contribution in [2.45, 2.75) is 104 Å². The number of hydrogen-bond acceptors (Lipinski definition) is 11. The number of hydrogen-bond donors (Lipinski definition) is 5. The zero-order chi connectivity index (χ0) is 42.6. The lowest BCUT2D eigenvalue weighted by Crippen LogP contribution is -2.59. The van der Waals surface area contributed by atoms with Gasteiger partial charge in [0.2, 0.25) is 5.95 Å². The third-order valence-corrected chi connectivity index (χ3v) is 11.7. The molecule has 59 heavy (non-hydrogen) atoms. The Morgan fingerprint density at radius 3 is 2.19 bits per heavy atom. The number of benzene rings is 2. The first-order valence-electron chi connectivity index (χ1n) is 21.5. The molecular formula is C47H68N10O2. The molecule has 318 valence electrons. The van der Waals surface area contributed by atoms with Gasteiger partial charge in [0.05, 0.1) is 17.3 Å². The van der Waals surface area contributed by atoms with E-state index in [0.717, 1.165) is 92.9 Å². The number of anilines is 2. The van der Waals surface area contributed by atoms with Crippen molar-refractivity contribution in [3.63, 3.8) is 0 Å². The molecule has 0 amide bonds. The van der Waals surface area contributed by atoms with E-state index in [1.807, 2.05) is 32.4 Å². The van der Waals surface area contributed by atoms with Crippen LogP contribution >= 0.6 is 0 Å². The average molecular weight is 805 g/mol. The highest BCUT2D eigenvalue weighted by atomic mass is 16.3. The number of phenols is 1. The van der Waals surface area contributed by atoms with Crippen LogP contribution in [-0.2, 0) is 17.6 Å². The number of Topliss-reactive ketones (excluding diaryl/α,β-unsaturated/α-hetero) is 1. The number of aromatic nitrogens is 3. The summed E-state index contributed by atoms with van der Waals surface area (Å²) in [6.07, 6.45) is 17.5. The number of ketones is 1. The Hall–Kier alpha value is -5.49. The Balaban J connectivity index is 1.16. The summed E-state index contributed by atoms with van der Waals surface area (Å²) in [6, 6.07) is 13.8. The fourth-order valence-electron chi connectivity index (χ4n) is 8.60. The average Bonchev–Trinajstić information content (AvgIpc) is 3.53. The van der Waals surface area contributed by atoms with E-state index in [1.165, 1.54) is 10.9 Å². The standard InChI is InChI=1S/C47H68N10O2/c1-8-16-37-39-26-33(22-23-42(39)57(46(37)51-6)41(17-9-2)32(5)58)18-14-24-54(7)25-15-19-34-28-52-47(53-29-34)56-35(10-3)30-55(31-36(56)11-4)43(45(49)50)27-40(48)38-20-12-13-21-44(38)59/h8,12-13,16,20-23,26-29,35-36,41,51,59H,9-11,14-15,17-19,24-25,30-31,48-50H2,1-7H3/b16-8-,40-27-. The van der Waals surface area contributed by atoms with E-state index in [-0.39, 0.29) is 35.5 Å². The summed E-state index contributed by atoms with van der Waals surface area (Å²) in [7, 11) is 4.14. The molecule has 0 bridgehead atoms. The van der Waals surface area contributed by atoms with Crippen molar-refractivity contribution in [3.8, 4) is 5.75 Å². The molecule has 12 nitrogen and oxygen atoms in total.